The molecule has 0 bridgehead atoms. The quantitative estimate of drug-likeness (QED) is 0.523. The Bertz CT molecular complexity index is 228. The van der Waals surface area contributed by atoms with Crippen LogP contribution in [-0.4, -0.2) is 50.7 Å². The van der Waals surface area contributed by atoms with E-state index in [2.05, 4.69) is 6.92 Å². The number of unbranched alkanes of at least 4 members (excludes halogenated alkanes) is 1. The van der Waals surface area contributed by atoms with E-state index in [1.54, 1.807) is 13.8 Å². The molecule has 0 aliphatic carbocycles. The molecule has 0 aromatic heterocycles. The van der Waals surface area contributed by atoms with Crippen LogP contribution >= 0.6 is 0 Å². The molecule has 0 aromatic rings. The van der Waals surface area contributed by atoms with Crippen LogP contribution in [0.15, 0.2) is 0 Å². The van der Waals surface area contributed by atoms with Gasteiger partial charge in [-0.15, -0.1) is 0 Å². The van der Waals surface area contributed by atoms with Crippen molar-refractivity contribution in [3.8, 4) is 0 Å². The molecule has 0 heterocycles. The number of hydrogen-bond acceptors (Lipinski definition) is 4. The summed E-state index contributed by atoms with van der Waals surface area (Å²) in [4.78, 5) is 10.8. The first-order valence-corrected chi connectivity index (χ1v) is 6.97. The van der Waals surface area contributed by atoms with Crippen LogP contribution in [0.4, 0.5) is 0 Å². The maximum absolute atomic E-state index is 10.8. The second-order valence-corrected chi connectivity index (χ2v) is 5.13. The lowest BCUT2D eigenvalue weighted by atomic mass is 9.90. The number of carboxylic acids is 1. The average Bonchev–Trinajstić information content (AvgIpc) is 2.35. The zero-order valence-corrected chi connectivity index (χ0v) is 12.4. The predicted octanol–water partition coefficient (Wildman–Crippen LogP) is 2.34. The molecule has 0 fully saturated rings. The number of rotatable bonds is 13. The molecule has 0 aliphatic heterocycles. The summed E-state index contributed by atoms with van der Waals surface area (Å²) in [5.74, 6) is -0.795. The van der Waals surface area contributed by atoms with Gasteiger partial charge >= 0.3 is 5.97 Å². The summed E-state index contributed by atoms with van der Waals surface area (Å²) in [7, 11) is 0. The number of ether oxygens (including phenoxy) is 3. The van der Waals surface area contributed by atoms with Crippen LogP contribution in [0.25, 0.3) is 0 Å². The van der Waals surface area contributed by atoms with Crippen molar-refractivity contribution < 1.29 is 24.1 Å². The third kappa shape index (κ3) is 10.9. The highest BCUT2D eigenvalue weighted by Gasteiger charge is 2.26. The molecule has 0 aliphatic rings. The first kappa shape index (κ1) is 18.4. The zero-order chi connectivity index (χ0) is 14.6. The number of carbonyl (C=O) groups is 1. The third-order valence-corrected chi connectivity index (χ3v) is 2.84. The second kappa shape index (κ2) is 11.2. The number of aliphatic carboxylic acids is 1. The summed E-state index contributed by atoms with van der Waals surface area (Å²) in [6.45, 7) is 8.96. The van der Waals surface area contributed by atoms with Crippen molar-refractivity contribution in [1.29, 1.82) is 0 Å². The van der Waals surface area contributed by atoms with Gasteiger partial charge in [-0.25, -0.2) is 0 Å². The van der Waals surface area contributed by atoms with Crippen molar-refractivity contribution in [2.75, 3.05) is 39.6 Å². The molecule has 0 saturated carbocycles. The Morgan fingerprint density at radius 2 is 1.42 bits per heavy atom. The molecule has 0 atom stereocenters. The minimum absolute atomic E-state index is 0.440. The summed E-state index contributed by atoms with van der Waals surface area (Å²) in [6.07, 6.45) is 2.73. The molecular formula is C14H28O5. The largest absolute Gasteiger partial charge is 0.481 e. The Balaban J connectivity index is 3.21. The summed E-state index contributed by atoms with van der Waals surface area (Å²) in [5.41, 5.74) is -0.728. The maximum atomic E-state index is 10.8. The first-order chi connectivity index (χ1) is 9.00. The highest BCUT2D eigenvalue weighted by atomic mass is 16.5. The van der Waals surface area contributed by atoms with E-state index < -0.39 is 11.4 Å². The van der Waals surface area contributed by atoms with Gasteiger partial charge in [0.05, 0.1) is 31.8 Å². The lowest BCUT2D eigenvalue weighted by molar-refractivity contribution is -0.148. The van der Waals surface area contributed by atoms with Crippen LogP contribution in [0.5, 0.6) is 0 Å². The van der Waals surface area contributed by atoms with Gasteiger partial charge in [-0.3, -0.25) is 4.79 Å². The van der Waals surface area contributed by atoms with Gasteiger partial charge < -0.3 is 19.3 Å². The molecule has 1 N–H and O–H groups in total. The van der Waals surface area contributed by atoms with Crippen LogP contribution in [0.3, 0.4) is 0 Å². The summed E-state index contributed by atoms with van der Waals surface area (Å²) in [6, 6.07) is 0. The van der Waals surface area contributed by atoms with E-state index in [0.29, 0.717) is 39.5 Å². The Kier molecular flexibility index (Phi) is 10.8. The minimum atomic E-state index is -0.795. The molecule has 5 heteroatoms. The van der Waals surface area contributed by atoms with E-state index in [9.17, 15) is 4.79 Å². The normalized spacial score (nSPS) is 11.7. The van der Waals surface area contributed by atoms with E-state index in [0.717, 1.165) is 19.4 Å². The van der Waals surface area contributed by atoms with E-state index in [1.165, 1.54) is 0 Å². The van der Waals surface area contributed by atoms with Crippen molar-refractivity contribution in [2.45, 2.75) is 40.0 Å². The van der Waals surface area contributed by atoms with Gasteiger partial charge in [0, 0.05) is 13.2 Å². The Labute approximate surface area is 116 Å². The average molecular weight is 276 g/mol. The van der Waals surface area contributed by atoms with Crippen molar-refractivity contribution in [3.63, 3.8) is 0 Å². The Hall–Kier alpha value is -0.650. The molecule has 0 spiro atoms. The van der Waals surface area contributed by atoms with Crippen molar-refractivity contribution in [3.05, 3.63) is 0 Å². The summed E-state index contributed by atoms with van der Waals surface area (Å²) < 4.78 is 16.0. The van der Waals surface area contributed by atoms with Gasteiger partial charge in [0.15, 0.2) is 0 Å². The zero-order valence-electron chi connectivity index (χ0n) is 12.4. The predicted molar refractivity (Wildman–Crippen MR) is 73.4 cm³/mol. The van der Waals surface area contributed by atoms with Gasteiger partial charge in [0.1, 0.15) is 0 Å². The lowest BCUT2D eigenvalue weighted by Gasteiger charge is -2.18. The highest BCUT2D eigenvalue weighted by Crippen LogP contribution is 2.19. The maximum Gasteiger partial charge on any atom is 0.309 e. The van der Waals surface area contributed by atoms with Crippen molar-refractivity contribution in [2.24, 2.45) is 5.41 Å². The molecule has 0 amide bonds. The van der Waals surface area contributed by atoms with E-state index >= 15 is 0 Å². The Morgan fingerprint density at radius 3 is 1.89 bits per heavy atom. The molecule has 0 radical (unpaired) electrons. The van der Waals surface area contributed by atoms with Crippen molar-refractivity contribution in [1.82, 2.24) is 0 Å². The monoisotopic (exact) mass is 276 g/mol. The van der Waals surface area contributed by atoms with Crippen LogP contribution in [0, 0.1) is 5.41 Å². The first-order valence-electron chi connectivity index (χ1n) is 6.97. The SMILES string of the molecule is CCCCOCCOCCOCCC(C)(C)C(=O)O. The van der Waals surface area contributed by atoms with Gasteiger partial charge in [0.25, 0.3) is 0 Å². The van der Waals surface area contributed by atoms with E-state index in [-0.39, 0.29) is 0 Å². The molecular weight excluding hydrogens is 248 g/mol. The van der Waals surface area contributed by atoms with Crippen LogP contribution in [-0.2, 0) is 19.0 Å². The summed E-state index contributed by atoms with van der Waals surface area (Å²) >= 11 is 0. The lowest BCUT2D eigenvalue weighted by Crippen LogP contribution is -2.25. The highest BCUT2D eigenvalue weighted by molar-refractivity contribution is 5.73. The van der Waals surface area contributed by atoms with Gasteiger partial charge in [0.2, 0.25) is 0 Å². The number of carboxylic acid groups (broad SMARTS) is 1. The third-order valence-electron chi connectivity index (χ3n) is 2.84. The van der Waals surface area contributed by atoms with Gasteiger partial charge in [-0.1, -0.05) is 13.3 Å². The Morgan fingerprint density at radius 1 is 0.947 bits per heavy atom. The molecule has 5 nitrogen and oxygen atoms in total. The minimum Gasteiger partial charge on any atom is -0.481 e. The fraction of sp³-hybridized carbons (Fsp3) is 0.929. The molecule has 0 saturated heterocycles. The van der Waals surface area contributed by atoms with Crippen molar-refractivity contribution >= 4 is 5.97 Å². The van der Waals surface area contributed by atoms with E-state index in [1.807, 2.05) is 0 Å². The number of hydrogen-bond donors (Lipinski definition) is 1. The molecule has 0 rings (SSSR count). The smallest absolute Gasteiger partial charge is 0.309 e. The second-order valence-electron chi connectivity index (χ2n) is 5.13. The van der Waals surface area contributed by atoms with Crippen LogP contribution in [0.1, 0.15) is 40.0 Å². The molecule has 0 aromatic carbocycles. The van der Waals surface area contributed by atoms with Crippen LogP contribution in [0.2, 0.25) is 0 Å². The van der Waals surface area contributed by atoms with Crippen LogP contribution < -0.4 is 0 Å². The molecule has 114 valence electrons. The van der Waals surface area contributed by atoms with Gasteiger partial charge in [-0.05, 0) is 26.7 Å². The molecule has 19 heavy (non-hydrogen) atoms. The van der Waals surface area contributed by atoms with Gasteiger partial charge in [-0.2, -0.15) is 0 Å². The fourth-order valence-electron chi connectivity index (χ4n) is 1.22. The summed E-state index contributed by atoms with van der Waals surface area (Å²) in [5, 5.41) is 8.91. The van der Waals surface area contributed by atoms with E-state index in [4.69, 9.17) is 19.3 Å². The molecule has 0 unspecified atom stereocenters. The fourth-order valence-corrected chi connectivity index (χ4v) is 1.22. The topological polar surface area (TPSA) is 65.0 Å². The standard InChI is InChI=1S/C14H28O5/c1-4-5-7-17-9-11-19-12-10-18-8-6-14(2,3)13(15)16/h4-12H2,1-3H3,(H,15,16).